The summed E-state index contributed by atoms with van der Waals surface area (Å²) in [5.74, 6) is 0.991. The topological polar surface area (TPSA) is 39.3 Å². The van der Waals surface area contributed by atoms with Crippen LogP contribution in [0.3, 0.4) is 0 Å². The number of hydrogen-bond acceptors (Lipinski definition) is 2. The molecule has 1 aliphatic heterocycles. The van der Waals surface area contributed by atoms with Gasteiger partial charge in [0.25, 0.3) is 0 Å². The van der Waals surface area contributed by atoms with E-state index in [4.69, 9.17) is 0 Å². The van der Waals surface area contributed by atoms with Crippen LogP contribution in [0.1, 0.15) is 23.5 Å². The van der Waals surface area contributed by atoms with Crippen LogP contribution in [0, 0.1) is 5.92 Å². The van der Waals surface area contributed by atoms with Gasteiger partial charge in [-0.1, -0.05) is 12.1 Å². The van der Waals surface area contributed by atoms with E-state index in [9.17, 15) is 5.11 Å². The number of aromatic nitrogens is 1. The van der Waals surface area contributed by atoms with E-state index < -0.39 is 0 Å². The smallest absolute Gasteiger partial charge is 0.0471 e. The van der Waals surface area contributed by atoms with Gasteiger partial charge in [0.2, 0.25) is 0 Å². The molecule has 1 aromatic carbocycles. The van der Waals surface area contributed by atoms with Crippen LogP contribution in [0.5, 0.6) is 0 Å². The quantitative estimate of drug-likeness (QED) is 0.820. The Hall–Kier alpha value is -1.32. The summed E-state index contributed by atoms with van der Waals surface area (Å²) >= 11 is 0. The predicted molar refractivity (Wildman–Crippen MR) is 76.4 cm³/mol. The van der Waals surface area contributed by atoms with E-state index in [1.165, 1.54) is 22.0 Å². The first-order chi connectivity index (χ1) is 9.28. The number of H-pyrrole nitrogens is 1. The first kappa shape index (κ1) is 11.5. The lowest BCUT2D eigenvalue weighted by Crippen LogP contribution is -2.48. The summed E-state index contributed by atoms with van der Waals surface area (Å²) in [7, 11) is 2.21. The highest BCUT2D eigenvalue weighted by atomic mass is 16.3. The molecule has 1 saturated heterocycles. The Bertz CT molecular complexity index is 618. The Morgan fingerprint density at radius 1 is 1.42 bits per heavy atom. The van der Waals surface area contributed by atoms with Crippen molar-refractivity contribution in [3.8, 4) is 0 Å². The van der Waals surface area contributed by atoms with Crippen LogP contribution < -0.4 is 0 Å². The van der Waals surface area contributed by atoms with E-state index in [1.807, 2.05) is 0 Å². The first-order valence-electron chi connectivity index (χ1n) is 7.18. The van der Waals surface area contributed by atoms with Crippen molar-refractivity contribution >= 4 is 10.9 Å². The van der Waals surface area contributed by atoms with Crippen LogP contribution in [0.4, 0.5) is 0 Å². The number of likely N-dealkylation sites (tertiary alicyclic amines) is 1. The van der Waals surface area contributed by atoms with Gasteiger partial charge in [-0.2, -0.15) is 0 Å². The van der Waals surface area contributed by atoms with Crippen molar-refractivity contribution in [3.05, 3.63) is 35.5 Å². The molecule has 0 spiro atoms. The molecular formula is C16H20N2O. The number of hydrogen-bond donors (Lipinski definition) is 2. The lowest BCUT2D eigenvalue weighted by molar-refractivity contribution is 0.0772. The number of likely N-dealkylation sites (N-methyl/N-ethyl adjacent to an activating group) is 1. The van der Waals surface area contributed by atoms with Gasteiger partial charge >= 0.3 is 0 Å². The van der Waals surface area contributed by atoms with Crippen LogP contribution in [-0.4, -0.2) is 41.2 Å². The molecule has 1 fully saturated rings. The highest BCUT2D eigenvalue weighted by Gasteiger charge is 2.38. The molecule has 2 unspecified atom stereocenters. The summed E-state index contributed by atoms with van der Waals surface area (Å²) < 4.78 is 0. The van der Waals surface area contributed by atoms with Crippen molar-refractivity contribution in [2.24, 2.45) is 5.92 Å². The van der Waals surface area contributed by atoms with Crippen LogP contribution in [0.2, 0.25) is 0 Å². The summed E-state index contributed by atoms with van der Waals surface area (Å²) in [4.78, 5) is 5.85. The van der Waals surface area contributed by atoms with Gasteiger partial charge in [0.15, 0.2) is 0 Å². The number of nitrogens with zero attached hydrogens (tertiary/aromatic N) is 1. The first-order valence-corrected chi connectivity index (χ1v) is 7.18. The molecule has 1 aliphatic carbocycles. The van der Waals surface area contributed by atoms with Crippen molar-refractivity contribution < 1.29 is 5.11 Å². The second kappa shape index (κ2) is 4.09. The summed E-state index contributed by atoms with van der Waals surface area (Å²) in [6, 6.07) is 7.20. The molecule has 3 atom stereocenters. The summed E-state index contributed by atoms with van der Waals surface area (Å²) in [5.41, 5.74) is 4.20. The lowest BCUT2D eigenvalue weighted by atomic mass is 9.72. The van der Waals surface area contributed by atoms with Crippen LogP contribution in [0.15, 0.2) is 24.4 Å². The molecule has 3 heteroatoms. The van der Waals surface area contributed by atoms with Gasteiger partial charge in [0.1, 0.15) is 0 Å². The second-order valence-corrected chi connectivity index (χ2v) is 6.19. The predicted octanol–water partition coefficient (Wildman–Crippen LogP) is 2.12. The number of piperidine rings is 1. The van der Waals surface area contributed by atoms with Gasteiger partial charge in [-0.15, -0.1) is 0 Å². The van der Waals surface area contributed by atoms with Gasteiger partial charge in [0, 0.05) is 42.2 Å². The SMILES string of the molecule is CN1CC(CO)CC2c3cccc4[nH]cc(c34)C[C@H]21. The fourth-order valence-electron chi connectivity index (χ4n) is 4.19. The van der Waals surface area contributed by atoms with E-state index >= 15 is 0 Å². The fourth-order valence-corrected chi connectivity index (χ4v) is 4.19. The molecular weight excluding hydrogens is 236 g/mol. The lowest BCUT2D eigenvalue weighted by Gasteiger charge is -2.45. The molecule has 19 heavy (non-hydrogen) atoms. The van der Waals surface area contributed by atoms with E-state index in [2.05, 4.69) is 41.3 Å². The number of benzene rings is 1. The Kier molecular flexibility index (Phi) is 2.47. The number of rotatable bonds is 1. The van der Waals surface area contributed by atoms with E-state index in [-0.39, 0.29) is 0 Å². The number of aromatic amines is 1. The Morgan fingerprint density at radius 3 is 3.16 bits per heavy atom. The Balaban J connectivity index is 1.86. The van der Waals surface area contributed by atoms with Gasteiger partial charge < -0.3 is 15.0 Å². The highest BCUT2D eigenvalue weighted by Crippen LogP contribution is 2.44. The largest absolute Gasteiger partial charge is 0.396 e. The normalized spacial score (nSPS) is 30.5. The minimum atomic E-state index is 0.309. The average Bonchev–Trinajstić information content (AvgIpc) is 2.85. The Labute approximate surface area is 113 Å². The monoisotopic (exact) mass is 256 g/mol. The van der Waals surface area contributed by atoms with Gasteiger partial charge in [-0.25, -0.2) is 0 Å². The number of nitrogens with one attached hydrogen (secondary N) is 1. The molecule has 2 aliphatic rings. The van der Waals surface area contributed by atoms with E-state index in [1.54, 1.807) is 0 Å². The van der Waals surface area contributed by atoms with Crippen molar-refractivity contribution in [2.45, 2.75) is 24.8 Å². The molecule has 100 valence electrons. The minimum Gasteiger partial charge on any atom is -0.396 e. The van der Waals surface area contributed by atoms with Gasteiger partial charge in [-0.05, 0) is 43.0 Å². The molecule has 0 amide bonds. The van der Waals surface area contributed by atoms with Gasteiger partial charge in [-0.3, -0.25) is 0 Å². The zero-order chi connectivity index (χ0) is 13.0. The second-order valence-electron chi connectivity index (χ2n) is 6.19. The molecule has 2 heterocycles. The summed E-state index contributed by atoms with van der Waals surface area (Å²) in [6.07, 6.45) is 4.43. The standard InChI is InChI=1S/C16H20N2O/c1-18-8-10(9-19)5-13-12-3-2-4-14-16(12)11(7-17-14)6-15(13)18/h2-4,7,10,13,15,17,19H,5-6,8-9H2,1H3/t10?,13?,15-/m1/s1. The Morgan fingerprint density at radius 2 is 2.32 bits per heavy atom. The maximum absolute atomic E-state index is 9.52. The molecule has 2 aromatic rings. The molecule has 4 rings (SSSR count). The van der Waals surface area contributed by atoms with Crippen LogP contribution >= 0.6 is 0 Å². The van der Waals surface area contributed by atoms with Crippen LogP contribution in [0.25, 0.3) is 10.9 Å². The zero-order valence-electron chi connectivity index (χ0n) is 11.3. The molecule has 0 radical (unpaired) electrons. The number of aliphatic hydroxyl groups is 1. The van der Waals surface area contributed by atoms with Crippen molar-refractivity contribution in [2.75, 3.05) is 20.2 Å². The molecule has 1 aromatic heterocycles. The third kappa shape index (κ3) is 1.58. The molecule has 0 saturated carbocycles. The number of aliphatic hydroxyl groups excluding tert-OH is 1. The van der Waals surface area contributed by atoms with Gasteiger partial charge in [0.05, 0.1) is 0 Å². The molecule has 3 nitrogen and oxygen atoms in total. The van der Waals surface area contributed by atoms with Crippen LogP contribution in [-0.2, 0) is 6.42 Å². The zero-order valence-corrected chi connectivity index (χ0v) is 11.3. The maximum Gasteiger partial charge on any atom is 0.0471 e. The minimum absolute atomic E-state index is 0.309. The number of fused-ring (bicyclic) bond motifs is 2. The van der Waals surface area contributed by atoms with E-state index in [0.717, 1.165) is 19.4 Å². The summed E-state index contributed by atoms with van der Waals surface area (Å²) in [6.45, 7) is 1.33. The maximum atomic E-state index is 9.52. The van der Waals surface area contributed by atoms with Crippen molar-refractivity contribution in [1.82, 2.24) is 9.88 Å². The molecule has 0 bridgehead atoms. The average molecular weight is 256 g/mol. The third-order valence-electron chi connectivity index (χ3n) is 5.07. The van der Waals surface area contributed by atoms with Crippen molar-refractivity contribution in [1.29, 1.82) is 0 Å². The third-order valence-corrected chi connectivity index (χ3v) is 5.07. The fraction of sp³-hybridized carbons (Fsp3) is 0.500. The summed E-state index contributed by atoms with van der Waals surface area (Å²) in [5, 5.41) is 11.0. The molecule has 2 N–H and O–H groups in total. The highest BCUT2D eigenvalue weighted by molar-refractivity contribution is 5.88. The van der Waals surface area contributed by atoms with Crippen molar-refractivity contribution in [3.63, 3.8) is 0 Å². The van der Waals surface area contributed by atoms with E-state index in [0.29, 0.717) is 24.5 Å².